The fourth-order valence-corrected chi connectivity index (χ4v) is 2.46. The lowest BCUT2D eigenvalue weighted by molar-refractivity contribution is 0.0263. The van der Waals surface area contributed by atoms with Crippen molar-refractivity contribution in [1.82, 2.24) is 14.9 Å². The number of carbonyl (C=O) groups excluding carboxylic acids is 1. The molecule has 0 bridgehead atoms. The van der Waals surface area contributed by atoms with Crippen LogP contribution in [0.2, 0.25) is 5.28 Å². The van der Waals surface area contributed by atoms with E-state index in [1.165, 1.54) is 0 Å². The van der Waals surface area contributed by atoms with E-state index < -0.39 is 5.60 Å². The fraction of sp³-hybridized carbons (Fsp3) is 0.600. The summed E-state index contributed by atoms with van der Waals surface area (Å²) in [4.78, 5) is 23.9. The van der Waals surface area contributed by atoms with Crippen molar-refractivity contribution < 1.29 is 9.53 Å². The Morgan fingerprint density at radius 2 is 2.04 bits per heavy atom. The standard InChI is InChI=1S/C15H20ClN5O2/c1-15(2,3)23-14(22)21-6-4-5-20(7-8-21)12-9-11(10-17)18-13(16)19-12/h9H,4-8H2,1-3H3. The molecule has 8 heteroatoms. The lowest BCUT2D eigenvalue weighted by atomic mass is 10.2. The number of ether oxygens (including phenoxy) is 1. The summed E-state index contributed by atoms with van der Waals surface area (Å²) >= 11 is 5.86. The molecule has 1 aliphatic heterocycles. The summed E-state index contributed by atoms with van der Waals surface area (Å²) in [5.74, 6) is 0.604. The second-order valence-electron chi connectivity index (χ2n) is 6.30. The summed E-state index contributed by atoms with van der Waals surface area (Å²) in [6.07, 6.45) is 0.473. The summed E-state index contributed by atoms with van der Waals surface area (Å²) in [5, 5.41) is 9.02. The molecular formula is C15H20ClN5O2. The normalized spacial score (nSPS) is 15.8. The van der Waals surface area contributed by atoms with Gasteiger partial charge < -0.3 is 14.5 Å². The van der Waals surface area contributed by atoms with Gasteiger partial charge in [-0.2, -0.15) is 5.26 Å². The van der Waals surface area contributed by atoms with Crippen LogP contribution >= 0.6 is 11.6 Å². The Balaban J connectivity index is 2.06. The zero-order chi connectivity index (χ0) is 17.0. The summed E-state index contributed by atoms with van der Waals surface area (Å²) in [6, 6.07) is 3.58. The first-order chi connectivity index (χ1) is 10.8. The monoisotopic (exact) mass is 337 g/mol. The molecular weight excluding hydrogens is 318 g/mol. The molecule has 0 aliphatic carbocycles. The number of nitriles is 1. The van der Waals surface area contributed by atoms with E-state index in [1.807, 2.05) is 31.7 Å². The minimum Gasteiger partial charge on any atom is -0.444 e. The minimum absolute atomic E-state index is 0.0484. The van der Waals surface area contributed by atoms with Crippen molar-refractivity contribution in [3.8, 4) is 6.07 Å². The van der Waals surface area contributed by atoms with Gasteiger partial charge in [0.2, 0.25) is 5.28 Å². The maximum atomic E-state index is 12.2. The first-order valence-electron chi connectivity index (χ1n) is 7.46. The predicted octanol–water partition coefficient (Wildman–Crippen LogP) is 2.45. The Hall–Kier alpha value is -2.07. The molecule has 7 nitrogen and oxygen atoms in total. The molecule has 1 saturated heterocycles. The van der Waals surface area contributed by atoms with Gasteiger partial charge in [0.15, 0.2) is 0 Å². The number of nitrogens with zero attached hydrogens (tertiary/aromatic N) is 5. The highest BCUT2D eigenvalue weighted by atomic mass is 35.5. The van der Waals surface area contributed by atoms with Crippen molar-refractivity contribution in [1.29, 1.82) is 5.26 Å². The van der Waals surface area contributed by atoms with E-state index in [1.54, 1.807) is 11.0 Å². The van der Waals surface area contributed by atoms with Gasteiger partial charge in [0.05, 0.1) is 0 Å². The average molecular weight is 338 g/mol. The number of carbonyl (C=O) groups is 1. The lowest BCUT2D eigenvalue weighted by Crippen LogP contribution is -2.39. The van der Waals surface area contributed by atoms with E-state index in [4.69, 9.17) is 21.6 Å². The fourth-order valence-electron chi connectivity index (χ4n) is 2.28. The van der Waals surface area contributed by atoms with Gasteiger partial charge in [-0.25, -0.2) is 14.8 Å². The van der Waals surface area contributed by atoms with Crippen LogP contribution in [-0.4, -0.2) is 52.7 Å². The van der Waals surface area contributed by atoms with Crippen LogP contribution in [0, 0.1) is 11.3 Å². The molecule has 2 rings (SSSR count). The summed E-state index contributed by atoms with van der Waals surface area (Å²) in [5.41, 5.74) is -0.279. The van der Waals surface area contributed by atoms with Crippen molar-refractivity contribution in [3.05, 3.63) is 17.0 Å². The third-order valence-electron chi connectivity index (χ3n) is 3.27. The molecule has 0 unspecified atom stereocenters. The average Bonchev–Trinajstić information content (AvgIpc) is 2.70. The zero-order valence-corrected chi connectivity index (χ0v) is 14.3. The quantitative estimate of drug-likeness (QED) is 0.732. The van der Waals surface area contributed by atoms with Crippen molar-refractivity contribution in [2.75, 3.05) is 31.1 Å². The minimum atomic E-state index is -0.509. The Kier molecular flexibility index (Phi) is 5.26. The molecule has 0 aromatic carbocycles. The lowest BCUT2D eigenvalue weighted by Gasteiger charge is -2.26. The van der Waals surface area contributed by atoms with Gasteiger partial charge in [0.25, 0.3) is 0 Å². The summed E-state index contributed by atoms with van der Waals surface area (Å²) < 4.78 is 5.41. The molecule has 2 heterocycles. The van der Waals surface area contributed by atoms with Gasteiger partial charge in [-0.3, -0.25) is 0 Å². The summed E-state index contributed by atoms with van der Waals surface area (Å²) in [6.45, 7) is 8.01. The molecule has 23 heavy (non-hydrogen) atoms. The van der Waals surface area contributed by atoms with Crippen molar-refractivity contribution in [2.24, 2.45) is 0 Å². The van der Waals surface area contributed by atoms with Crippen LogP contribution in [0.15, 0.2) is 6.07 Å². The Labute approximate surface area is 140 Å². The van der Waals surface area contributed by atoms with E-state index >= 15 is 0 Å². The molecule has 0 radical (unpaired) electrons. The smallest absolute Gasteiger partial charge is 0.410 e. The van der Waals surface area contributed by atoms with E-state index in [2.05, 4.69) is 9.97 Å². The number of anilines is 1. The highest BCUT2D eigenvalue weighted by Gasteiger charge is 2.25. The first-order valence-corrected chi connectivity index (χ1v) is 7.84. The molecule has 0 saturated carbocycles. The van der Waals surface area contributed by atoms with Crippen LogP contribution < -0.4 is 4.90 Å². The van der Waals surface area contributed by atoms with Crippen LogP contribution in [-0.2, 0) is 4.74 Å². The van der Waals surface area contributed by atoms with Crippen LogP contribution in [0.25, 0.3) is 0 Å². The highest BCUT2D eigenvalue weighted by Crippen LogP contribution is 2.18. The molecule has 0 N–H and O–H groups in total. The van der Waals surface area contributed by atoms with Gasteiger partial charge in [-0.15, -0.1) is 0 Å². The molecule has 1 aromatic heterocycles. The first kappa shape index (κ1) is 17.3. The number of hydrogen-bond acceptors (Lipinski definition) is 6. The number of rotatable bonds is 1. The third-order valence-corrected chi connectivity index (χ3v) is 3.44. The number of hydrogen-bond donors (Lipinski definition) is 0. The second-order valence-corrected chi connectivity index (χ2v) is 6.64. The van der Waals surface area contributed by atoms with Crippen LogP contribution in [0.3, 0.4) is 0 Å². The number of amides is 1. The highest BCUT2D eigenvalue weighted by molar-refractivity contribution is 6.28. The Bertz CT molecular complexity index is 623. The molecule has 0 atom stereocenters. The molecule has 1 fully saturated rings. The van der Waals surface area contributed by atoms with Crippen molar-refractivity contribution in [3.63, 3.8) is 0 Å². The predicted molar refractivity (Wildman–Crippen MR) is 86.4 cm³/mol. The van der Waals surface area contributed by atoms with Crippen LogP contribution in [0.4, 0.5) is 10.6 Å². The van der Waals surface area contributed by atoms with E-state index in [0.717, 1.165) is 13.0 Å². The van der Waals surface area contributed by atoms with Crippen molar-refractivity contribution in [2.45, 2.75) is 32.8 Å². The third kappa shape index (κ3) is 4.96. The molecule has 124 valence electrons. The van der Waals surface area contributed by atoms with Crippen molar-refractivity contribution >= 4 is 23.5 Å². The number of halogens is 1. The topological polar surface area (TPSA) is 82.4 Å². The zero-order valence-electron chi connectivity index (χ0n) is 13.5. The van der Waals surface area contributed by atoms with E-state index in [-0.39, 0.29) is 17.1 Å². The summed E-state index contributed by atoms with van der Waals surface area (Å²) in [7, 11) is 0. The van der Waals surface area contributed by atoms with Gasteiger partial charge in [0, 0.05) is 32.2 Å². The molecule has 1 amide bonds. The molecule has 1 aromatic rings. The Morgan fingerprint density at radius 1 is 1.30 bits per heavy atom. The Morgan fingerprint density at radius 3 is 2.70 bits per heavy atom. The van der Waals surface area contributed by atoms with Gasteiger partial charge in [0.1, 0.15) is 23.2 Å². The van der Waals surface area contributed by atoms with Gasteiger partial charge in [-0.05, 0) is 38.8 Å². The largest absolute Gasteiger partial charge is 0.444 e. The van der Waals surface area contributed by atoms with Crippen LogP contribution in [0.1, 0.15) is 32.9 Å². The number of aromatic nitrogens is 2. The van der Waals surface area contributed by atoms with E-state index in [0.29, 0.717) is 25.5 Å². The second kappa shape index (κ2) is 7.01. The molecule has 0 spiro atoms. The van der Waals surface area contributed by atoms with Gasteiger partial charge in [-0.1, -0.05) is 0 Å². The maximum Gasteiger partial charge on any atom is 0.410 e. The maximum absolute atomic E-state index is 12.2. The van der Waals surface area contributed by atoms with Crippen LogP contribution in [0.5, 0.6) is 0 Å². The molecule has 1 aliphatic rings. The SMILES string of the molecule is CC(C)(C)OC(=O)N1CCCN(c2cc(C#N)nc(Cl)n2)CC1. The van der Waals surface area contributed by atoms with Gasteiger partial charge >= 0.3 is 6.09 Å². The van der Waals surface area contributed by atoms with E-state index in [9.17, 15) is 4.79 Å².